The Hall–Kier alpha value is -3.64. The fraction of sp³-hybridized carbons (Fsp3) is 0.690. The molecule has 3 N–H and O–H groups in total. The van der Waals surface area contributed by atoms with Crippen LogP contribution in [-0.4, -0.2) is 123 Å². The number of fused-ring (bicyclic) bond motifs is 1. The molecule has 4 atom stereocenters. The van der Waals surface area contributed by atoms with Crippen LogP contribution in [0.15, 0.2) is 41.3 Å². The average Bonchev–Trinajstić information content (AvgIpc) is 3.60. The van der Waals surface area contributed by atoms with Gasteiger partial charge >= 0.3 is 17.8 Å². The molecule has 0 spiro atoms. The first-order valence-corrected chi connectivity index (χ1v) is 24.8. The Labute approximate surface area is 354 Å². The molecule has 0 radical (unpaired) electrons. The van der Waals surface area contributed by atoms with E-state index in [4.69, 9.17) is 9.16 Å². The normalized spacial score (nSPS) is 21.4. The summed E-state index contributed by atoms with van der Waals surface area (Å²) in [6.45, 7) is 30.2. The van der Waals surface area contributed by atoms with Crippen LogP contribution < -0.4 is 21.0 Å². The molecule has 4 amide bonds. The lowest BCUT2D eigenvalue weighted by Crippen LogP contribution is -2.57. The summed E-state index contributed by atoms with van der Waals surface area (Å²) in [5.41, 5.74) is -0.607. The van der Waals surface area contributed by atoms with Crippen molar-refractivity contribution in [2.75, 3.05) is 51.2 Å². The summed E-state index contributed by atoms with van der Waals surface area (Å²) >= 11 is 0. The Morgan fingerprint density at radius 3 is 1.98 bits per heavy atom. The Balaban J connectivity index is 1.10. The van der Waals surface area contributed by atoms with Gasteiger partial charge in [-0.15, -0.1) is 0 Å². The number of urea groups is 1. The highest BCUT2D eigenvalue weighted by Crippen LogP contribution is 2.54. The lowest BCUT2D eigenvalue weighted by molar-refractivity contribution is -0.149. The van der Waals surface area contributed by atoms with Crippen molar-refractivity contribution in [1.82, 2.24) is 34.3 Å². The molecular weight excluding hydrogens is 789 g/mol. The zero-order valence-corrected chi connectivity index (χ0v) is 39.2. The highest BCUT2D eigenvalue weighted by molar-refractivity contribution is 7.84. The number of carbonyl (C=O) groups excluding carboxylic acids is 3. The van der Waals surface area contributed by atoms with Crippen LogP contribution >= 0.6 is 0 Å². The number of carbonyl (C=O) groups is 3. The van der Waals surface area contributed by atoms with E-state index in [-0.39, 0.29) is 53.7 Å². The van der Waals surface area contributed by atoms with Crippen LogP contribution in [0.1, 0.15) is 81.7 Å². The van der Waals surface area contributed by atoms with Gasteiger partial charge in [-0.25, -0.2) is 23.3 Å². The minimum atomic E-state index is -1.96. The Morgan fingerprint density at radius 2 is 1.46 bits per heavy atom. The maximum absolute atomic E-state index is 13.2. The predicted molar refractivity (Wildman–Crippen MR) is 234 cm³/mol. The lowest BCUT2D eigenvalue weighted by Gasteiger charge is -2.38. The summed E-state index contributed by atoms with van der Waals surface area (Å²) in [6.07, 6.45) is 0.914. The van der Waals surface area contributed by atoms with E-state index in [0.717, 1.165) is 25.2 Å². The first-order chi connectivity index (χ1) is 27.1. The molecule has 0 bridgehead atoms. The van der Waals surface area contributed by atoms with Crippen molar-refractivity contribution in [3.05, 3.63) is 52.6 Å². The summed E-state index contributed by atoms with van der Waals surface area (Å²) in [5, 5.41) is 5.50. The first-order valence-electron chi connectivity index (χ1n) is 20.7. The zero-order chi connectivity index (χ0) is 43.9. The number of alkyl carbamates (subject to hydrolysis) is 1. The molecule has 1 aromatic heterocycles. The van der Waals surface area contributed by atoms with E-state index in [1.165, 1.54) is 4.57 Å². The number of rotatable bonds is 12. The fourth-order valence-electron chi connectivity index (χ4n) is 7.42. The van der Waals surface area contributed by atoms with Gasteiger partial charge in [-0.3, -0.25) is 19.6 Å². The number of nitrogens with one attached hydrogen (secondary N) is 3. The van der Waals surface area contributed by atoms with Gasteiger partial charge < -0.3 is 24.3 Å². The number of anilines is 1. The van der Waals surface area contributed by atoms with Gasteiger partial charge in [0.05, 0.1) is 28.0 Å². The molecule has 15 nitrogen and oxygen atoms in total. The van der Waals surface area contributed by atoms with Crippen molar-refractivity contribution in [2.45, 2.75) is 123 Å². The second-order valence-corrected chi connectivity index (χ2v) is 27.2. The number of ether oxygens (including phenoxy) is 1. The standard InChI is InChI=1S/C42H68N8O7SSi/c1-39(2,3)45-38(54)57-42(10,11)35(51)48-20-22-49(23-21-48)36(52)43-33-18-19-50(37(53)44-33)29-16-14-28(15-17-29)24-47-25-30-31(26-47)34(30)32(46-58(55)40(4,5)6)27-56-59(12,13)41(7,8)9/h14-19,30-32,34,46H,20-27H2,1-13H3,(H,45,54)(H,43,44,52,53). The van der Waals surface area contributed by atoms with E-state index in [1.807, 2.05) is 65.8 Å². The Kier molecular flexibility index (Phi) is 13.7. The lowest BCUT2D eigenvalue weighted by atomic mass is 10.1. The van der Waals surface area contributed by atoms with Crippen LogP contribution in [0.2, 0.25) is 18.1 Å². The topological polar surface area (TPSA) is 167 Å². The molecule has 4 unspecified atom stereocenters. The predicted octanol–water partition coefficient (Wildman–Crippen LogP) is 5.33. The van der Waals surface area contributed by atoms with Gasteiger partial charge in [-0.05, 0) is 115 Å². The van der Waals surface area contributed by atoms with Crippen molar-refractivity contribution in [3.63, 3.8) is 0 Å². The van der Waals surface area contributed by atoms with Crippen molar-refractivity contribution in [1.29, 1.82) is 0 Å². The zero-order valence-electron chi connectivity index (χ0n) is 37.4. The maximum Gasteiger partial charge on any atom is 0.408 e. The number of hydrogen-bond acceptors (Lipinski definition) is 9. The van der Waals surface area contributed by atoms with Crippen molar-refractivity contribution in [2.24, 2.45) is 17.8 Å². The Bertz CT molecular complexity index is 1920. The van der Waals surface area contributed by atoms with Crippen LogP contribution in [-0.2, 0) is 31.5 Å². The number of benzene rings is 1. The van der Waals surface area contributed by atoms with Crippen LogP contribution in [0.5, 0.6) is 0 Å². The van der Waals surface area contributed by atoms with Gasteiger partial charge in [0.25, 0.3) is 5.91 Å². The average molecular weight is 857 g/mol. The highest BCUT2D eigenvalue weighted by Gasteiger charge is 2.59. The van der Waals surface area contributed by atoms with Gasteiger partial charge in [0, 0.05) is 63.6 Å². The summed E-state index contributed by atoms with van der Waals surface area (Å²) in [5.74, 6) is 1.29. The van der Waals surface area contributed by atoms with E-state index in [2.05, 4.69) is 59.1 Å². The third-order valence-corrected chi connectivity index (χ3v) is 18.0. The number of piperazine rings is 1. The number of hydrogen-bond donors (Lipinski definition) is 3. The highest BCUT2D eigenvalue weighted by atomic mass is 32.2. The van der Waals surface area contributed by atoms with Gasteiger partial charge in [-0.2, -0.15) is 4.98 Å². The largest absolute Gasteiger partial charge is 0.433 e. The second kappa shape index (κ2) is 17.4. The summed E-state index contributed by atoms with van der Waals surface area (Å²) in [7, 11) is -3.14. The maximum atomic E-state index is 13.2. The third-order valence-electron chi connectivity index (χ3n) is 11.9. The van der Waals surface area contributed by atoms with Gasteiger partial charge in [-0.1, -0.05) is 32.9 Å². The third kappa shape index (κ3) is 11.8. The molecule has 3 fully saturated rings. The molecule has 2 saturated heterocycles. The van der Waals surface area contributed by atoms with E-state index < -0.39 is 48.3 Å². The minimum absolute atomic E-state index is 0.0509. The van der Waals surface area contributed by atoms with Crippen LogP contribution in [0, 0.1) is 17.8 Å². The number of aromatic nitrogens is 2. The molecule has 2 aromatic rings. The van der Waals surface area contributed by atoms with Gasteiger partial charge in [0.15, 0.2) is 13.9 Å². The molecule has 3 heterocycles. The van der Waals surface area contributed by atoms with E-state index in [0.29, 0.717) is 30.0 Å². The van der Waals surface area contributed by atoms with Gasteiger partial charge in [0.1, 0.15) is 5.82 Å². The number of piperidine rings is 1. The Morgan fingerprint density at radius 1 is 0.881 bits per heavy atom. The first kappa shape index (κ1) is 46.4. The quantitative estimate of drug-likeness (QED) is 0.239. The van der Waals surface area contributed by atoms with Crippen LogP contribution in [0.3, 0.4) is 0 Å². The number of likely N-dealkylation sites (tertiary alicyclic amines) is 1. The number of amides is 4. The molecule has 328 valence electrons. The fourth-order valence-corrected chi connectivity index (χ4v) is 9.30. The minimum Gasteiger partial charge on any atom is -0.433 e. The molecule has 1 aliphatic carbocycles. The summed E-state index contributed by atoms with van der Waals surface area (Å²) < 4.78 is 29.8. The SMILES string of the molecule is CC(C)(C)NC(=O)OC(C)(C)C(=O)N1CCN(C(=O)Nc2ccn(-c3ccc(CN4CC5C(C4)C5C(CO[Si](C)(C)C(C)(C)C)NS(=O)C(C)(C)C)cc3)c(=O)n2)CC1. The monoisotopic (exact) mass is 856 g/mol. The molecule has 1 aromatic carbocycles. The van der Waals surface area contributed by atoms with E-state index >= 15 is 0 Å². The molecule has 3 aliphatic rings. The summed E-state index contributed by atoms with van der Waals surface area (Å²) in [4.78, 5) is 61.3. The molecule has 17 heteroatoms. The molecule has 2 aliphatic heterocycles. The van der Waals surface area contributed by atoms with E-state index in [1.54, 1.807) is 35.9 Å². The van der Waals surface area contributed by atoms with Crippen molar-refractivity contribution < 1.29 is 27.8 Å². The molecule has 1 saturated carbocycles. The molecule has 5 rings (SSSR count). The summed E-state index contributed by atoms with van der Waals surface area (Å²) in [6, 6.07) is 9.07. The second-order valence-electron chi connectivity index (χ2n) is 20.4. The van der Waals surface area contributed by atoms with Crippen molar-refractivity contribution in [3.8, 4) is 5.69 Å². The van der Waals surface area contributed by atoms with Gasteiger partial charge in [0.2, 0.25) is 0 Å². The smallest absolute Gasteiger partial charge is 0.408 e. The number of nitrogens with zero attached hydrogens (tertiary/aromatic N) is 5. The van der Waals surface area contributed by atoms with Crippen molar-refractivity contribution >= 4 is 43.2 Å². The van der Waals surface area contributed by atoms with Crippen LogP contribution in [0.4, 0.5) is 15.4 Å². The molecular formula is C42H68N8O7SSi. The van der Waals surface area contributed by atoms with E-state index in [9.17, 15) is 23.4 Å². The van der Waals surface area contributed by atoms with Crippen LogP contribution in [0.25, 0.3) is 5.69 Å². The molecule has 59 heavy (non-hydrogen) atoms.